The molecule has 2 aromatic rings. The predicted molar refractivity (Wildman–Crippen MR) is 68.4 cm³/mol. The molecule has 4 N–H and O–H groups in total. The second-order valence-electron chi connectivity index (χ2n) is 3.73. The first-order chi connectivity index (χ1) is 9.10. The second-order valence-corrected chi connectivity index (χ2v) is 3.73. The lowest BCUT2D eigenvalue weighted by Gasteiger charge is -2.08. The second kappa shape index (κ2) is 5.06. The molecule has 0 fully saturated rings. The molecule has 0 saturated carbocycles. The van der Waals surface area contributed by atoms with Crippen LogP contribution in [0.2, 0.25) is 0 Å². The fourth-order valence-corrected chi connectivity index (χ4v) is 1.47. The highest BCUT2D eigenvalue weighted by molar-refractivity contribution is 5.95. The molecule has 0 unspecified atom stereocenters. The Morgan fingerprint density at radius 2 is 2.16 bits per heavy atom. The van der Waals surface area contributed by atoms with E-state index in [4.69, 9.17) is 21.5 Å². The lowest BCUT2D eigenvalue weighted by molar-refractivity contribution is 0.0997. The van der Waals surface area contributed by atoms with Crippen molar-refractivity contribution in [1.29, 1.82) is 5.26 Å². The van der Waals surface area contributed by atoms with Crippen LogP contribution >= 0.6 is 0 Å². The van der Waals surface area contributed by atoms with Gasteiger partial charge in [0.1, 0.15) is 11.3 Å². The molecule has 0 bridgehead atoms. The summed E-state index contributed by atoms with van der Waals surface area (Å²) in [6, 6.07) is 9.85. The van der Waals surface area contributed by atoms with Gasteiger partial charge in [0.2, 0.25) is 5.88 Å². The van der Waals surface area contributed by atoms with Gasteiger partial charge >= 0.3 is 0 Å². The van der Waals surface area contributed by atoms with E-state index in [9.17, 15) is 4.79 Å². The third-order valence-electron chi connectivity index (χ3n) is 2.32. The number of carbonyl (C=O) groups excluding carboxylic acids is 1. The van der Waals surface area contributed by atoms with Gasteiger partial charge in [0.15, 0.2) is 0 Å². The molecule has 0 radical (unpaired) electrons. The van der Waals surface area contributed by atoms with Crippen molar-refractivity contribution in [3.63, 3.8) is 0 Å². The molecule has 1 aromatic carbocycles. The third kappa shape index (κ3) is 2.79. The van der Waals surface area contributed by atoms with Crippen molar-refractivity contribution in [1.82, 2.24) is 4.98 Å². The zero-order chi connectivity index (χ0) is 13.8. The van der Waals surface area contributed by atoms with Crippen LogP contribution in [0, 0.1) is 11.3 Å². The number of rotatable bonds is 3. The van der Waals surface area contributed by atoms with Crippen LogP contribution in [-0.4, -0.2) is 10.9 Å². The highest BCUT2D eigenvalue weighted by Crippen LogP contribution is 2.24. The fraction of sp³-hybridized carbons (Fsp3) is 0. The topological polar surface area (TPSA) is 115 Å². The maximum Gasteiger partial charge on any atom is 0.254 e. The van der Waals surface area contributed by atoms with E-state index in [1.165, 1.54) is 18.3 Å². The van der Waals surface area contributed by atoms with Crippen LogP contribution in [0.5, 0.6) is 11.6 Å². The summed E-state index contributed by atoms with van der Waals surface area (Å²) in [6.45, 7) is 0. The van der Waals surface area contributed by atoms with Gasteiger partial charge < -0.3 is 16.2 Å². The zero-order valence-corrected chi connectivity index (χ0v) is 9.83. The number of amides is 1. The molecule has 6 nitrogen and oxygen atoms in total. The van der Waals surface area contributed by atoms with E-state index < -0.39 is 5.91 Å². The summed E-state index contributed by atoms with van der Waals surface area (Å²) < 4.78 is 5.45. The van der Waals surface area contributed by atoms with E-state index in [-0.39, 0.29) is 11.4 Å². The number of carbonyl (C=O) groups is 1. The molecular formula is C13H10N4O2. The van der Waals surface area contributed by atoms with E-state index in [0.717, 1.165) is 0 Å². The first-order valence-corrected chi connectivity index (χ1v) is 5.33. The maximum absolute atomic E-state index is 11.3. The van der Waals surface area contributed by atoms with Crippen LogP contribution in [0.25, 0.3) is 0 Å². The number of ether oxygens (including phenoxy) is 1. The first kappa shape index (κ1) is 12.4. The van der Waals surface area contributed by atoms with Crippen LogP contribution in [-0.2, 0) is 0 Å². The summed E-state index contributed by atoms with van der Waals surface area (Å²) >= 11 is 0. The van der Waals surface area contributed by atoms with E-state index in [1.54, 1.807) is 18.2 Å². The van der Waals surface area contributed by atoms with Crippen LogP contribution in [0.15, 0.2) is 36.5 Å². The first-order valence-electron chi connectivity index (χ1n) is 5.33. The molecule has 6 heteroatoms. The number of nitriles is 1. The van der Waals surface area contributed by atoms with E-state index in [1.807, 2.05) is 6.07 Å². The maximum atomic E-state index is 11.3. The highest BCUT2D eigenvalue weighted by Gasteiger charge is 2.12. The Morgan fingerprint density at radius 3 is 2.84 bits per heavy atom. The Hall–Kier alpha value is -3.07. The van der Waals surface area contributed by atoms with Crippen molar-refractivity contribution in [2.24, 2.45) is 5.73 Å². The molecule has 0 atom stereocenters. The van der Waals surface area contributed by atoms with Crippen LogP contribution in [0.4, 0.5) is 5.69 Å². The smallest absolute Gasteiger partial charge is 0.254 e. The van der Waals surface area contributed by atoms with Gasteiger partial charge in [-0.2, -0.15) is 5.26 Å². The molecule has 0 aliphatic rings. The standard InChI is InChI=1S/C13H10N4O2/c14-6-8-2-1-3-10(4-8)19-13-11(12(16)18)5-9(15)7-17-13/h1-5,7H,15H2,(H2,16,18). The number of primary amides is 1. The average Bonchev–Trinajstić information content (AvgIpc) is 2.41. The minimum atomic E-state index is -0.689. The van der Waals surface area contributed by atoms with Crippen molar-refractivity contribution in [3.8, 4) is 17.7 Å². The number of nitrogens with two attached hydrogens (primary N) is 2. The fourth-order valence-electron chi connectivity index (χ4n) is 1.47. The molecular weight excluding hydrogens is 244 g/mol. The average molecular weight is 254 g/mol. The summed E-state index contributed by atoms with van der Waals surface area (Å²) in [5.41, 5.74) is 11.6. The van der Waals surface area contributed by atoms with Gasteiger partial charge in [-0.25, -0.2) is 4.98 Å². The Kier molecular flexibility index (Phi) is 3.30. The van der Waals surface area contributed by atoms with Gasteiger partial charge in [0.05, 0.1) is 23.5 Å². The van der Waals surface area contributed by atoms with E-state index in [2.05, 4.69) is 4.98 Å². The summed E-state index contributed by atoms with van der Waals surface area (Å²) in [5, 5.41) is 8.80. The number of pyridine rings is 1. The van der Waals surface area contributed by atoms with Gasteiger partial charge in [-0.05, 0) is 24.3 Å². The monoisotopic (exact) mass is 254 g/mol. The lowest BCUT2D eigenvalue weighted by atomic mass is 10.2. The van der Waals surface area contributed by atoms with Crippen molar-refractivity contribution >= 4 is 11.6 Å². The minimum Gasteiger partial charge on any atom is -0.438 e. The molecule has 0 aliphatic heterocycles. The molecule has 1 amide bonds. The number of hydrogen-bond donors (Lipinski definition) is 2. The largest absolute Gasteiger partial charge is 0.438 e. The number of hydrogen-bond acceptors (Lipinski definition) is 5. The quantitative estimate of drug-likeness (QED) is 0.859. The van der Waals surface area contributed by atoms with Crippen molar-refractivity contribution in [2.75, 3.05) is 5.73 Å². The van der Waals surface area contributed by atoms with E-state index in [0.29, 0.717) is 17.0 Å². The summed E-state index contributed by atoms with van der Waals surface area (Å²) in [7, 11) is 0. The van der Waals surface area contributed by atoms with Gasteiger partial charge in [-0.15, -0.1) is 0 Å². The molecule has 2 rings (SSSR count). The van der Waals surface area contributed by atoms with Crippen molar-refractivity contribution < 1.29 is 9.53 Å². The van der Waals surface area contributed by atoms with Gasteiger partial charge in [-0.1, -0.05) is 6.07 Å². The molecule has 94 valence electrons. The lowest BCUT2D eigenvalue weighted by Crippen LogP contribution is -2.13. The van der Waals surface area contributed by atoms with Gasteiger partial charge in [0.25, 0.3) is 5.91 Å². The third-order valence-corrected chi connectivity index (χ3v) is 2.32. The van der Waals surface area contributed by atoms with Crippen molar-refractivity contribution in [3.05, 3.63) is 47.7 Å². The molecule has 1 heterocycles. The molecule has 0 spiro atoms. The minimum absolute atomic E-state index is 0.0526. The summed E-state index contributed by atoms with van der Waals surface area (Å²) in [4.78, 5) is 15.2. The summed E-state index contributed by atoms with van der Waals surface area (Å²) in [6.07, 6.45) is 1.36. The zero-order valence-electron chi connectivity index (χ0n) is 9.83. The number of aromatic nitrogens is 1. The predicted octanol–water partition coefficient (Wildman–Crippen LogP) is 1.43. The number of nitrogen functional groups attached to an aromatic ring is 1. The summed E-state index contributed by atoms with van der Waals surface area (Å²) in [5.74, 6) is -0.248. The Morgan fingerprint density at radius 1 is 1.37 bits per heavy atom. The highest BCUT2D eigenvalue weighted by atomic mass is 16.5. The van der Waals surface area contributed by atoms with Crippen LogP contribution in [0.1, 0.15) is 15.9 Å². The van der Waals surface area contributed by atoms with Crippen LogP contribution in [0.3, 0.4) is 0 Å². The van der Waals surface area contributed by atoms with Gasteiger partial charge in [0, 0.05) is 0 Å². The SMILES string of the molecule is N#Cc1cccc(Oc2ncc(N)cc2C(N)=O)c1. The Labute approximate surface area is 109 Å². The number of nitrogens with zero attached hydrogens (tertiary/aromatic N) is 2. The Balaban J connectivity index is 2.38. The molecule has 0 aliphatic carbocycles. The van der Waals surface area contributed by atoms with Crippen LogP contribution < -0.4 is 16.2 Å². The van der Waals surface area contributed by atoms with Gasteiger partial charge in [-0.3, -0.25) is 4.79 Å². The molecule has 19 heavy (non-hydrogen) atoms. The van der Waals surface area contributed by atoms with E-state index >= 15 is 0 Å². The molecule has 1 aromatic heterocycles. The number of anilines is 1. The van der Waals surface area contributed by atoms with Crippen molar-refractivity contribution in [2.45, 2.75) is 0 Å². The number of benzene rings is 1. The Bertz CT molecular complexity index is 677. The normalized spacial score (nSPS) is 9.63. The molecule has 0 saturated heterocycles.